The zero-order valence-corrected chi connectivity index (χ0v) is 22.2. The summed E-state index contributed by atoms with van der Waals surface area (Å²) in [5, 5.41) is 13.6. The van der Waals surface area contributed by atoms with Crippen molar-refractivity contribution in [2.24, 2.45) is 5.10 Å². The molecule has 3 aromatic rings. The molecule has 1 N–H and O–H groups in total. The molecule has 0 bridgehead atoms. The first-order chi connectivity index (χ1) is 16.9. The van der Waals surface area contributed by atoms with Crippen LogP contribution in [-0.2, 0) is 17.9 Å². The second-order valence-corrected chi connectivity index (χ2v) is 9.08. The standard InChI is InChI=1S/C23H23BrClN5O4S/c1-4-9-30-21(13-34-17-7-5-16(25)6-8-17)27-29-23(30)35-14-22(31)28-26-12-15-10-18(24)20(33-3)11-19(15)32-2/h4-8,10-12H,1,9,13-14H2,2-3H3,(H,28,31). The smallest absolute Gasteiger partial charge is 0.250 e. The lowest BCUT2D eigenvalue weighted by Gasteiger charge is -2.09. The summed E-state index contributed by atoms with van der Waals surface area (Å²) in [7, 11) is 3.11. The summed E-state index contributed by atoms with van der Waals surface area (Å²) < 4.78 is 18.9. The number of rotatable bonds is 12. The quantitative estimate of drug-likeness (QED) is 0.143. The summed E-state index contributed by atoms with van der Waals surface area (Å²) in [4.78, 5) is 12.3. The minimum atomic E-state index is -0.301. The highest BCUT2D eigenvalue weighted by Gasteiger charge is 2.14. The molecule has 0 saturated carbocycles. The van der Waals surface area contributed by atoms with Crippen LogP contribution in [0.4, 0.5) is 0 Å². The van der Waals surface area contributed by atoms with Gasteiger partial charge in [0.25, 0.3) is 5.91 Å². The Morgan fingerprint density at radius 2 is 1.97 bits per heavy atom. The van der Waals surface area contributed by atoms with Gasteiger partial charge in [-0.1, -0.05) is 29.4 Å². The van der Waals surface area contributed by atoms with Crippen molar-refractivity contribution >= 4 is 51.4 Å². The van der Waals surface area contributed by atoms with Crippen molar-refractivity contribution in [3.05, 3.63) is 69.9 Å². The van der Waals surface area contributed by atoms with Crippen molar-refractivity contribution in [2.75, 3.05) is 20.0 Å². The summed E-state index contributed by atoms with van der Waals surface area (Å²) in [5.74, 6) is 2.25. The number of halogens is 2. The Bertz CT molecular complexity index is 1200. The van der Waals surface area contributed by atoms with E-state index in [0.29, 0.717) is 45.4 Å². The van der Waals surface area contributed by atoms with E-state index in [-0.39, 0.29) is 18.3 Å². The van der Waals surface area contributed by atoms with Crippen molar-refractivity contribution in [3.63, 3.8) is 0 Å². The zero-order valence-electron chi connectivity index (χ0n) is 19.0. The number of ether oxygens (including phenoxy) is 3. The predicted molar refractivity (Wildman–Crippen MR) is 140 cm³/mol. The molecule has 0 fully saturated rings. The first kappa shape index (κ1) is 26.6. The molecule has 0 aliphatic carbocycles. The highest BCUT2D eigenvalue weighted by atomic mass is 79.9. The fraction of sp³-hybridized carbons (Fsp3) is 0.217. The minimum absolute atomic E-state index is 0.0914. The van der Waals surface area contributed by atoms with E-state index in [0.717, 1.165) is 4.47 Å². The Morgan fingerprint density at radius 1 is 1.23 bits per heavy atom. The van der Waals surface area contributed by atoms with Crippen molar-refractivity contribution in [2.45, 2.75) is 18.3 Å². The van der Waals surface area contributed by atoms with Gasteiger partial charge >= 0.3 is 0 Å². The molecule has 9 nitrogen and oxygen atoms in total. The van der Waals surface area contributed by atoms with Crippen molar-refractivity contribution in [3.8, 4) is 17.2 Å². The normalized spacial score (nSPS) is 10.9. The van der Waals surface area contributed by atoms with Crippen LogP contribution in [0.15, 0.2) is 63.8 Å². The second-order valence-electron chi connectivity index (χ2n) is 6.85. The number of hydrogen-bond donors (Lipinski definition) is 1. The fourth-order valence-corrected chi connectivity index (χ4v) is 4.25. The number of methoxy groups -OCH3 is 2. The average molecular weight is 581 g/mol. The van der Waals surface area contributed by atoms with E-state index in [1.54, 1.807) is 56.7 Å². The molecule has 0 saturated heterocycles. The molecule has 12 heteroatoms. The summed E-state index contributed by atoms with van der Waals surface area (Å²) >= 11 is 10.6. The van der Waals surface area contributed by atoms with E-state index in [1.807, 2.05) is 4.57 Å². The number of amides is 1. The number of allylic oxidation sites excluding steroid dienone is 1. The first-order valence-electron chi connectivity index (χ1n) is 10.2. The van der Waals surface area contributed by atoms with Gasteiger partial charge in [-0.2, -0.15) is 5.10 Å². The topological polar surface area (TPSA) is 99.9 Å². The summed E-state index contributed by atoms with van der Waals surface area (Å²) in [6.07, 6.45) is 3.22. The molecule has 0 spiro atoms. The lowest BCUT2D eigenvalue weighted by molar-refractivity contribution is -0.118. The molecule has 0 unspecified atom stereocenters. The van der Waals surface area contributed by atoms with Gasteiger partial charge in [-0.25, -0.2) is 5.43 Å². The number of nitrogens with zero attached hydrogens (tertiary/aromatic N) is 4. The highest BCUT2D eigenvalue weighted by Crippen LogP contribution is 2.32. The predicted octanol–water partition coefficient (Wildman–Crippen LogP) is 4.72. The van der Waals surface area contributed by atoms with Gasteiger partial charge in [-0.15, -0.1) is 16.8 Å². The number of nitrogens with one attached hydrogen (secondary N) is 1. The van der Waals surface area contributed by atoms with Crippen LogP contribution >= 0.6 is 39.3 Å². The monoisotopic (exact) mass is 579 g/mol. The van der Waals surface area contributed by atoms with Crippen LogP contribution < -0.4 is 19.6 Å². The number of benzene rings is 2. The van der Waals surface area contributed by atoms with E-state index < -0.39 is 0 Å². The molecule has 0 aliphatic heterocycles. The summed E-state index contributed by atoms with van der Waals surface area (Å²) in [5.41, 5.74) is 3.18. The Morgan fingerprint density at radius 3 is 2.66 bits per heavy atom. The fourth-order valence-electron chi connectivity index (χ4n) is 2.84. The van der Waals surface area contributed by atoms with Crippen LogP contribution in [0.5, 0.6) is 17.2 Å². The first-order valence-corrected chi connectivity index (χ1v) is 12.4. The van der Waals surface area contributed by atoms with Gasteiger partial charge in [0.1, 0.15) is 23.9 Å². The highest BCUT2D eigenvalue weighted by molar-refractivity contribution is 9.10. The van der Waals surface area contributed by atoms with Crippen LogP contribution in [0.25, 0.3) is 0 Å². The lowest BCUT2D eigenvalue weighted by atomic mass is 10.2. The van der Waals surface area contributed by atoms with Gasteiger partial charge in [0.15, 0.2) is 11.0 Å². The van der Waals surface area contributed by atoms with Crippen LogP contribution in [-0.4, -0.2) is 46.9 Å². The third-order valence-electron chi connectivity index (χ3n) is 4.52. The van der Waals surface area contributed by atoms with Crippen LogP contribution in [0.2, 0.25) is 5.02 Å². The van der Waals surface area contributed by atoms with Gasteiger partial charge in [0.2, 0.25) is 0 Å². The molecule has 0 atom stereocenters. The number of aromatic nitrogens is 3. The SMILES string of the molecule is C=CCn1c(COc2ccc(Cl)cc2)nnc1SCC(=O)NN=Cc1cc(Br)c(OC)cc1OC. The molecule has 1 amide bonds. The molecule has 35 heavy (non-hydrogen) atoms. The van der Waals surface area contributed by atoms with Gasteiger partial charge in [0, 0.05) is 23.2 Å². The van der Waals surface area contributed by atoms with E-state index >= 15 is 0 Å². The van der Waals surface area contributed by atoms with Crippen LogP contribution in [0, 0.1) is 0 Å². The maximum atomic E-state index is 12.3. The molecule has 3 rings (SSSR count). The average Bonchev–Trinajstić information content (AvgIpc) is 3.24. The number of hydrogen-bond acceptors (Lipinski definition) is 8. The van der Waals surface area contributed by atoms with Gasteiger partial charge in [-0.05, 0) is 46.3 Å². The molecule has 184 valence electrons. The largest absolute Gasteiger partial charge is 0.496 e. The Labute approximate surface area is 220 Å². The van der Waals surface area contributed by atoms with Gasteiger partial charge in [-0.3, -0.25) is 9.36 Å². The van der Waals surface area contributed by atoms with Crippen molar-refractivity contribution < 1.29 is 19.0 Å². The molecular formula is C23H23BrClN5O4S. The number of carbonyl (C=O) groups excluding carboxylic acids is 1. The number of carbonyl (C=O) groups is 1. The lowest BCUT2D eigenvalue weighted by Crippen LogP contribution is -2.20. The Balaban J connectivity index is 1.58. The molecule has 0 aliphatic rings. The number of thioether (sulfide) groups is 1. The maximum absolute atomic E-state index is 12.3. The maximum Gasteiger partial charge on any atom is 0.250 e. The Kier molecular flexibility index (Phi) is 10.0. The van der Waals surface area contributed by atoms with Crippen molar-refractivity contribution in [1.82, 2.24) is 20.2 Å². The molecule has 0 radical (unpaired) electrons. The van der Waals surface area contributed by atoms with E-state index in [1.165, 1.54) is 18.0 Å². The van der Waals surface area contributed by atoms with Crippen LogP contribution in [0.3, 0.4) is 0 Å². The van der Waals surface area contributed by atoms with E-state index in [9.17, 15) is 4.79 Å². The van der Waals surface area contributed by atoms with E-state index in [4.69, 9.17) is 25.8 Å². The molecule has 2 aromatic carbocycles. The van der Waals surface area contributed by atoms with E-state index in [2.05, 4.69) is 43.2 Å². The summed E-state index contributed by atoms with van der Waals surface area (Å²) in [6, 6.07) is 10.6. The Hall–Kier alpha value is -3.02. The second kappa shape index (κ2) is 13.2. The molecule has 1 heterocycles. The third kappa shape index (κ3) is 7.48. The molecular weight excluding hydrogens is 558 g/mol. The summed E-state index contributed by atoms with van der Waals surface area (Å²) in [6.45, 7) is 4.46. The van der Waals surface area contributed by atoms with Gasteiger partial charge < -0.3 is 14.2 Å². The third-order valence-corrected chi connectivity index (χ3v) is 6.35. The zero-order chi connectivity index (χ0) is 25.2. The molecule has 1 aromatic heterocycles. The van der Waals surface area contributed by atoms with Crippen molar-refractivity contribution in [1.29, 1.82) is 0 Å². The van der Waals surface area contributed by atoms with Crippen LogP contribution in [0.1, 0.15) is 11.4 Å². The number of hydrazone groups is 1. The van der Waals surface area contributed by atoms with Gasteiger partial charge in [0.05, 0.1) is 30.7 Å². The minimum Gasteiger partial charge on any atom is -0.496 e.